The molecular formula is C19H23NO3. The first-order valence-electron chi connectivity index (χ1n) is 7.68. The maximum absolute atomic E-state index is 12.6. The van der Waals surface area contributed by atoms with Crippen molar-refractivity contribution in [1.29, 1.82) is 0 Å². The van der Waals surface area contributed by atoms with Gasteiger partial charge < -0.3 is 14.4 Å². The number of hydrogen-bond acceptors (Lipinski definition) is 3. The van der Waals surface area contributed by atoms with Crippen molar-refractivity contribution in [3.63, 3.8) is 0 Å². The molecule has 2 rings (SSSR count). The first-order chi connectivity index (χ1) is 11.2. The average molecular weight is 313 g/mol. The Balaban J connectivity index is 2.10. The first-order valence-corrected chi connectivity index (χ1v) is 7.68. The standard InChI is InChI=1S/C19H23NO3/c1-16-8-10-18(11-9-16)20(14-17-6-4-3-5-7-17)19(21)15-23-13-12-22-2/h3-11H,12-15H2,1-2H3. The van der Waals surface area contributed by atoms with Crippen LogP contribution in [-0.4, -0.2) is 32.8 Å². The molecule has 23 heavy (non-hydrogen) atoms. The summed E-state index contributed by atoms with van der Waals surface area (Å²) in [6.45, 7) is 3.49. The van der Waals surface area contributed by atoms with Gasteiger partial charge >= 0.3 is 0 Å². The summed E-state index contributed by atoms with van der Waals surface area (Å²) in [5, 5.41) is 0. The second-order valence-corrected chi connectivity index (χ2v) is 5.35. The number of anilines is 1. The molecule has 122 valence electrons. The van der Waals surface area contributed by atoms with Crippen molar-refractivity contribution in [3.05, 3.63) is 65.7 Å². The highest BCUT2D eigenvalue weighted by atomic mass is 16.5. The minimum absolute atomic E-state index is 0.0457. The number of aryl methyl sites for hydroxylation is 1. The van der Waals surface area contributed by atoms with Crippen molar-refractivity contribution >= 4 is 11.6 Å². The van der Waals surface area contributed by atoms with E-state index in [4.69, 9.17) is 9.47 Å². The molecule has 0 aliphatic rings. The van der Waals surface area contributed by atoms with Crippen LogP contribution >= 0.6 is 0 Å². The summed E-state index contributed by atoms with van der Waals surface area (Å²) in [5.41, 5.74) is 3.12. The summed E-state index contributed by atoms with van der Waals surface area (Å²) in [4.78, 5) is 14.3. The van der Waals surface area contributed by atoms with Crippen LogP contribution in [0.1, 0.15) is 11.1 Å². The Hall–Kier alpha value is -2.17. The molecule has 0 N–H and O–H groups in total. The highest BCUT2D eigenvalue weighted by Gasteiger charge is 2.16. The third-order valence-electron chi connectivity index (χ3n) is 3.49. The Bertz CT molecular complexity index is 596. The van der Waals surface area contributed by atoms with Gasteiger partial charge in [0, 0.05) is 12.8 Å². The number of methoxy groups -OCH3 is 1. The molecule has 0 spiro atoms. The van der Waals surface area contributed by atoms with Gasteiger partial charge in [0.25, 0.3) is 5.91 Å². The van der Waals surface area contributed by atoms with E-state index in [0.29, 0.717) is 19.8 Å². The van der Waals surface area contributed by atoms with Crippen LogP contribution in [-0.2, 0) is 20.8 Å². The fourth-order valence-electron chi connectivity index (χ4n) is 2.19. The monoisotopic (exact) mass is 313 g/mol. The van der Waals surface area contributed by atoms with Crippen molar-refractivity contribution < 1.29 is 14.3 Å². The highest BCUT2D eigenvalue weighted by molar-refractivity contribution is 5.94. The highest BCUT2D eigenvalue weighted by Crippen LogP contribution is 2.18. The molecule has 0 unspecified atom stereocenters. The minimum Gasteiger partial charge on any atom is -0.382 e. The third kappa shape index (κ3) is 5.51. The summed E-state index contributed by atoms with van der Waals surface area (Å²) in [6, 6.07) is 17.9. The van der Waals surface area contributed by atoms with Gasteiger partial charge in [-0.1, -0.05) is 48.0 Å². The summed E-state index contributed by atoms with van der Waals surface area (Å²) in [6.07, 6.45) is 0. The van der Waals surface area contributed by atoms with Crippen LogP contribution in [0.2, 0.25) is 0 Å². The van der Waals surface area contributed by atoms with Gasteiger partial charge in [0.15, 0.2) is 0 Å². The van der Waals surface area contributed by atoms with E-state index in [1.54, 1.807) is 12.0 Å². The molecule has 4 heteroatoms. The lowest BCUT2D eigenvalue weighted by Gasteiger charge is -2.23. The quantitative estimate of drug-likeness (QED) is 0.703. The van der Waals surface area contributed by atoms with Gasteiger partial charge in [0.05, 0.1) is 19.8 Å². The number of nitrogens with zero attached hydrogens (tertiary/aromatic N) is 1. The molecule has 0 aliphatic carbocycles. The van der Waals surface area contributed by atoms with Crippen LogP contribution in [0, 0.1) is 6.92 Å². The Morgan fingerprint density at radius 1 is 1.00 bits per heavy atom. The maximum Gasteiger partial charge on any atom is 0.253 e. The summed E-state index contributed by atoms with van der Waals surface area (Å²) in [7, 11) is 1.61. The van der Waals surface area contributed by atoms with E-state index in [9.17, 15) is 4.79 Å². The fourth-order valence-corrected chi connectivity index (χ4v) is 2.19. The lowest BCUT2D eigenvalue weighted by atomic mass is 10.1. The van der Waals surface area contributed by atoms with Crippen LogP contribution in [0.5, 0.6) is 0 Å². The molecule has 1 amide bonds. The van der Waals surface area contributed by atoms with E-state index in [0.717, 1.165) is 16.8 Å². The average Bonchev–Trinajstić information content (AvgIpc) is 2.58. The van der Waals surface area contributed by atoms with Gasteiger partial charge in [-0.05, 0) is 24.6 Å². The van der Waals surface area contributed by atoms with Crippen molar-refractivity contribution in [2.75, 3.05) is 31.8 Å². The van der Waals surface area contributed by atoms with Crippen molar-refractivity contribution in [2.45, 2.75) is 13.5 Å². The molecule has 0 radical (unpaired) electrons. The molecule has 2 aromatic carbocycles. The zero-order chi connectivity index (χ0) is 16.5. The molecule has 0 atom stereocenters. The Labute approximate surface area is 137 Å². The number of rotatable bonds is 8. The zero-order valence-electron chi connectivity index (χ0n) is 13.7. The van der Waals surface area contributed by atoms with Crippen LogP contribution < -0.4 is 4.90 Å². The van der Waals surface area contributed by atoms with Crippen LogP contribution in [0.25, 0.3) is 0 Å². The molecule has 0 saturated heterocycles. The van der Waals surface area contributed by atoms with Gasteiger partial charge in [0.1, 0.15) is 6.61 Å². The predicted octanol–water partition coefficient (Wildman–Crippen LogP) is 3.19. The number of benzene rings is 2. The molecular weight excluding hydrogens is 290 g/mol. The summed E-state index contributed by atoms with van der Waals surface area (Å²) in [5.74, 6) is -0.0613. The Morgan fingerprint density at radius 3 is 2.35 bits per heavy atom. The number of ether oxygens (including phenoxy) is 2. The first kappa shape index (κ1) is 17.2. The SMILES string of the molecule is COCCOCC(=O)N(Cc1ccccc1)c1ccc(C)cc1. The van der Waals surface area contributed by atoms with Crippen LogP contribution in [0.15, 0.2) is 54.6 Å². The molecule has 0 aromatic heterocycles. The number of carbonyl (C=O) groups is 1. The normalized spacial score (nSPS) is 10.5. The smallest absolute Gasteiger partial charge is 0.253 e. The third-order valence-corrected chi connectivity index (χ3v) is 3.49. The number of hydrogen-bond donors (Lipinski definition) is 0. The van der Waals surface area contributed by atoms with Crippen molar-refractivity contribution in [3.8, 4) is 0 Å². The summed E-state index contributed by atoms with van der Waals surface area (Å²) >= 11 is 0. The number of amides is 1. The van der Waals surface area contributed by atoms with Gasteiger partial charge in [-0.2, -0.15) is 0 Å². The minimum atomic E-state index is -0.0613. The van der Waals surface area contributed by atoms with E-state index in [2.05, 4.69) is 0 Å². The fraction of sp³-hybridized carbons (Fsp3) is 0.316. The van der Waals surface area contributed by atoms with Crippen LogP contribution in [0.3, 0.4) is 0 Å². The second-order valence-electron chi connectivity index (χ2n) is 5.35. The molecule has 0 saturated carbocycles. The van der Waals surface area contributed by atoms with E-state index in [-0.39, 0.29) is 12.5 Å². The molecule has 0 bridgehead atoms. The van der Waals surface area contributed by atoms with Crippen molar-refractivity contribution in [2.24, 2.45) is 0 Å². The van der Waals surface area contributed by atoms with Gasteiger partial charge in [-0.25, -0.2) is 0 Å². The number of carbonyl (C=O) groups excluding carboxylic acids is 1. The summed E-state index contributed by atoms with van der Waals surface area (Å²) < 4.78 is 10.3. The van der Waals surface area contributed by atoms with E-state index in [1.807, 2.05) is 61.5 Å². The Morgan fingerprint density at radius 2 is 1.70 bits per heavy atom. The lowest BCUT2D eigenvalue weighted by molar-refractivity contribution is -0.123. The maximum atomic E-state index is 12.6. The van der Waals surface area contributed by atoms with Gasteiger partial charge in [-0.15, -0.1) is 0 Å². The van der Waals surface area contributed by atoms with Crippen molar-refractivity contribution in [1.82, 2.24) is 0 Å². The molecule has 2 aromatic rings. The molecule has 0 heterocycles. The van der Waals surface area contributed by atoms with Gasteiger partial charge in [-0.3, -0.25) is 4.79 Å². The van der Waals surface area contributed by atoms with E-state index in [1.165, 1.54) is 0 Å². The lowest BCUT2D eigenvalue weighted by Crippen LogP contribution is -2.34. The van der Waals surface area contributed by atoms with E-state index < -0.39 is 0 Å². The van der Waals surface area contributed by atoms with Gasteiger partial charge in [0.2, 0.25) is 0 Å². The zero-order valence-corrected chi connectivity index (χ0v) is 13.7. The molecule has 0 fully saturated rings. The topological polar surface area (TPSA) is 38.8 Å². The van der Waals surface area contributed by atoms with E-state index >= 15 is 0 Å². The molecule has 0 aliphatic heterocycles. The predicted molar refractivity (Wildman–Crippen MR) is 91.5 cm³/mol. The van der Waals surface area contributed by atoms with Crippen LogP contribution in [0.4, 0.5) is 5.69 Å². The largest absolute Gasteiger partial charge is 0.382 e. The molecule has 4 nitrogen and oxygen atoms in total. The Kier molecular flexibility index (Phi) is 6.78. The second kappa shape index (κ2) is 9.08.